The molecule has 3 amide bonds. The zero-order valence-corrected chi connectivity index (χ0v) is 11.6. The Labute approximate surface area is 122 Å². The molecule has 0 radical (unpaired) electrons. The molecule has 0 bridgehead atoms. The molecule has 1 fully saturated rings. The Balaban J connectivity index is 1.77. The molecule has 0 aliphatic carbocycles. The number of nitrogen functional groups attached to an aromatic ring is 1. The SMILES string of the molecule is Nc1cc2c(cc1NC(=O)N1CCCCC1)NC(=O)CO2. The number of nitrogens with one attached hydrogen (secondary N) is 2. The molecule has 1 aromatic carbocycles. The van der Waals surface area contributed by atoms with Gasteiger partial charge in [-0.15, -0.1) is 0 Å². The van der Waals surface area contributed by atoms with E-state index < -0.39 is 0 Å². The van der Waals surface area contributed by atoms with Gasteiger partial charge >= 0.3 is 6.03 Å². The Kier molecular flexibility index (Phi) is 3.55. The highest BCUT2D eigenvalue weighted by Crippen LogP contribution is 2.35. The van der Waals surface area contributed by atoms with Gasteiger partial charge in [0.05, 0.1) is 17.1 Å². The Morgan fingerprint density at radius 1 is 1.29 bits per heavy atom. The highest BCUT2D eigenvalue weighted by atomic mass is 16.5. The molecule has 4 N–H and O–H groups in total. The number of likely N-dealkylation sites (tertiary alicyclic amines) is 1. The van der Waals surface area contributed by atoms with Crippen molar-refractivity contribution in [1.29, 1.82) is 0 Å². The molecule has 1 aromatic rings. The summed E-state index contributed by atoms with van der Waals surface area (Å²) in [7, 11) is 0. The highest BCUT2D eigenvalue weighted by molar-refractivity contribution is 5.99. The molecular formula is C14H18N4O3. The number of hydrogen-bond acceptors (Lipinski definition) is 4. The van der Waals surface area contributed by atoms with Gasteiger partial charge in [-0.3, -0.25) is 4.79 Å². The van der Waals surface area contributed by atoms with Crippen LogP contribution >= 0.6 is 0 Å². The van der Waals surface area contributed by atoms with Crippen LogP contribution in [0.3, 0.4) is 0 Å². The minimum atomic E-state index is -0.222. The van der Waals surface area contributed by atoms with E-state index in [0.29, 0.717) is 22.8 Å². The van der Waals surface area contributed by atoms with Crippen molar-refractivity contribution < 1.29 is 14.3 Å². The Hall–Kier alpha value is -2.44. The van der Waals surface area contributed by atoms with Crippen molar-refractivity contribution in [2.24, 2.45) is 0 Å². The number of carbonyl (C=O) groups is 2. The van der Waals surface area contributed by atoms with E-state index in [1.165, 1.54) is 0 Å². The normalized spacial score (nSPS) is 17.5. The van der Waals surface area contributed by atoms with Gasteiger partial charge in [-0.1, -0.05) is 0 Å². The molecule has 0 atom stereocenters. The number of benzene rings is 1. The van der Waals surface area contributed by atoms with Crippen LogP contribution in [0.2, 0.25) is 0 Å². The Bertz CT molecular complexity index is 582. The second-order valence-electron chi connectivity index (χ2n) is 5.25. The molecule has 7 nitrogen and oxygen atoms in total. The fraction of sp³-hybridized carbons (Fsp3) is 0.429. The lowest BCUT2D eigenvalue weighted by molar-refractivity contribution is -0.118. The van der Waals surface area contributed by atoms with E-state index in [2.05, 4.69) is 10.6 Å². The van der Waals surface area contributed by atoms with Crippen LogP contribution in [0.1, 0.15) is 19.3 Å². The van der Waals surface area contributed by atoms with Crippen molar-refractivity contribution in [3.05, 3.63) is 12.1 Å². The summed E-state index contributed by atoms with van der Waals surface area (Å²) in [4.78, 5) is 25.3. The average molecular weight is 290 g/mol. The van der Waals surface area contributed by atoms with Gasteiger partial charge in [0.2, 0.25) is 0 Å². The maximum atomic E-state index is 12.2. The fourth-order valence-electron chi connectivity index (χ4n) is 2.54. The van der Waals surface area contributed by atoms with Gasteiger partial charge in [-0.2, -0.15) is 0 Å². The van der Waals surface area contributed by atoms with E-state index in [4.69, 9.17) is 10.5 Å². The number of hydrogen-bond donors (Lipinski definition) is 3. The van der Waals surface area contributed by atoms with Gasteiger partial charge < -0.3 is 26.0 Å². The fourth-order valence-corrected chi connectivity index (χ4v) is 2.54. The predicted octanol–water partition coefficient (Wildman–Crippen LogP) is 1.62. The van der Waals surface area contributed by atoms with Crippen molar-refractivity contribution in [1.82, 2.24) is 4.90 Å². The van der Waals surface area contributed by atoms with Gasteiger partial charge in [-0.05, 0) is 25.3 Å². The van der Waals surface area contributed by atoms with E-state index in [1.54, 1.807) is 17.0 Å². The molecule has 7 heteroatoms. The minimum absolute atomic E-state index is 0.0219. The molecule has 2 heterocycles. The number of urea groups is 1. The van der Waals surface area contributed by atoms with E-state index >= 15 is 0 Å². The lowest BCUT2D eigenvalue weighted by Crippen LogP contribution is -2.38. The predicted molar refractivity (Wildman–Crippen MR) is 79.4 cm³/mol. The number of rotatable bonds is 1. The average Bonchev–Trinajstić information content (AvgIpc) is 2.49. The summed E-state index contributed by atoms with van der Waals surface area (Å²) in [6, 6.07) is 3.08. The second-order valence-corrected chi connectivity index (χ2v) is 5.25. The monoisotopic (exact) mass is 290 g/mol. The van der Waals surface area contributed by atoms with E-state index in [-0.39, 0.29) is 18.5 Å². The first-order valence-corrected chi connectivity index (χ1v) is 7.05. The van der Waals surface area contributed by atoms with Gasteiger partial charge in [0.1, 0.15) is 5.75 Å². The molecule has 0 saturated carbocycles. The quantitative estimate of drug-likeness (QED) is 0.685. The third kappa shape index (κ3) is 2.86. The molecule has 2 aliphatic heterocycles. The van der Waals surface area contributed by atoms with Crippen LogP contribution in [0.25, 0.3) is 0 Å². The topological polar surface area (TPSA) is 96.7 Å². The summed E-state index contributed by atoms with van der Waals surface area (Å²) < 4.78 is 5.28. The molecule has 21 heavy (non-hydrogen) atoms. The third-order valence-corrected chi connectivity index (χ3v) is 3.67. The van der Waals surface area contributed by atoms with Crippen LogP contribution in [0, 0.1) is 0 Å². The number of ether oxygens (including phenoxy) is 1. The maximum Gasteiger partial charge on any atom is 0.321 e. The van der Waals surface area contributed by atoms with Crippen molar-refractivity contribution in [3.63, 3.8) is 0 Å². The van der Waals surface area contributed by atoms with Crippen LogP contribution in [-0.4, -0.2) is 36.5 Å². The van der Waals surface area contributed by atoms with Crippen LogP contribution in [0.4, 0.5) is 21.9 Å². The van der Waals surface area contributed by atoms with Crippen LogP contribution in [0.15, 0.2) is 12.1 Å². The summed E-state index contributed by atoms with van der Waals surface area (Å²) in [5.41, 5.74) is 7.35. The molecular weight excluding hydrogens is 272 g/mol. The number of nitrogens with two attached hydrogens (primary N) is 1. The van der Waals surface area contributed by atoms with Gasteiger partial charge in [-0.25, -0.2) is 4.79 Å². The number of fused-ring (bicyclic) bond motifs is 1. The smallest absolute Gasteiger partial charge is 0.321 e. The van der Waals surface area contributed by atoms with Gasteiger partial charge in [0.15, 0.2) is 6.61 Å². The first-order chi connectivity index (χ1) is 10.1. The van der Waals surface area contributed by atoms with E-state index in [0.717, 1.165) is 32.4 Å². The molecule has 0 spiro atoms. The van der Waals surface area contributed by atoms with Crippen molar-refractivity contribution in [2.75, 3.05) is 36.1 Å². The molecule has 3 rings (SSSR count). The first-order valence-electron chi connectivity index (χ1n) is 7.05. The molecule has 0 unspecified atom stereocenters. The molecule has 2 aliphatic rings. The zero-order valence-electron chi connectivity index (χ0n) is 11.6. The van der Waals surface area contributed by atoms with Gasteiger partial charge in [0.25, 0.3) is 5.91 Å². The lowest BCUT2D eigenvalue weighted by Gasteiger charge is -2.27. The Morgan fingerprint density at radius 3 is 2.81 bits per heavy atom. The standard InChI is InChI=1S/C14H18N4O3/c15-9-6-12-11(16-13(19)8-21-12)7-10(9)17-14(20)18-4-2-1-3-5-18/h6-7H,1-5,8,15H2,(H,16,19)(H,17,20). The van der Waals surface area contributed by atoms with Gasteiger partial charge in [0, 0.05) is 19.2 Å². The molecule has 112 valence electrons. The number of carbonyl (C=O) groups excluding carboxylic acids is 2. The first kappa shape index (κ1) is 13.5. The van der Waals surface area contributed by atoms with E-state index in [1.807, 2.05) is 0 Å². The summed E-state index contributed by atoms with van der Waals surface area (Å²) in [6.45, 7) is 1.50. The number of anilines is 3. The third-order valence-electron chi connectivity index (χ3n) is 3.67. The largest absolute Gasteiger partial charge is 0.482 e. The summed E-state index contributed by atoms with van der Waals surface area (Å²) in [5.74, 6) is 0.295. The van der Waals surface area contributed by atoms with Crippen LogP contribution in [-0.2, 0) is 4.79 Å². The summed E-state index contributed by atoms with van der Waals surface area (Å²) >= 11 is 0. The maximum absolute atomic E-state index is 12.2. The highest BCUT2D eigenvalue weighted by Gasteiger charge is 2.21. The van der Waals surface area contributed by atoms with Crippen LogP contribution < -0.4 is 21.1 Å². The van der Waals surface area contributed by atoms with Crippen LogP contribution in [0.5, 0.6) is 5.75 Å². The lowest BCUT2D eigenvalue weighted by atomic mass is 10.1. The van der Waals surface area contributed by atoms with Crippen molar-refractivity contribution >= 4 is 29.0 Å². The Morgan fingerprint density at radius 2 is 2.05 bits per heavy atom. The molecule has 1 saturated heterocycles. The van der Waals surface area contributed by atoms with Crippen molar-refractivity contribution in [2.45, 2.75) is 19.3 Å². The summed E-state index contributed by atoms with van der Waals surface area (Å²) in [5, 5.41) is 5.50. The summed E-state index contributed by atoms with van der Waals surface area (Å²) in [6.07, 6.45) is 3.21. The van der Waals surface area contributed by atoms with E-state index in [9.17, 15) is 9.59 Å². The second kappa shape index (κ2) is 5.51. The minimum Gasteiger partial charge on any atom is -0.482 e. The number of nitrogens with zero attached hydrogens (tertiary/aromatic N) is 1. The van der Waals surface area contributed by atoms with Crippen molar-refractivity contribution in [3.8, 4) is 5.75 Å². The zero-order chi connectivity index (χ0) is 14.8. The number of piperidine rings is 1. The molecule has 0 aromatic heterocycles. The number of amides is 3.